The number of nitrogens with one attached hydrogen (secondary N) is 3. The van der Waals surface area contributed by atoms with Crippen molar-refractivity contribution in [3.63, 3.8) is 0 Å². The van der Waals surface area contributed by atoms with Gasteiger partial charge in [0.2, 0.25) is 0 Å². The number of methoxy groups -OCH3 is 1. The van der Waals surface area contributed by atoms with E-state index in [0.29, 0.717) is 28.1 Å². The first-order chi connectivity index (χ1) is 18.1. The molecule has 1 aliphatic heterocycles. The molecule has 204 valence electrons. The minimum Gasteiger partial charge on any atom is -0.382 e. The van der Waals surface area contributed by atoms with Gasteiger partial charge in [-0.25, -0.2) is 23.2 Å². The molecule has 0 bridgehead atoms. The van der Waals surface area contributed by atoms with Gasteiger partial charge in [-0.1, -0.05) is 11.2 Å². The summed E-state index contributed by atoms with van der Waals surface area (Å²) in [7, 11) is 1.44. The normalized spacial score (nSPS) is 19.7. The van der Waals surface area contributed by atoms with Gasteiger partial charge in [0.05, 0.1) is 49.0 Å². The number of alkyl halides is 2. The summed E-state index contributed by atoms with van der Waals surface area (Å²) in [6, 6.07) is 3.19. The van der Waals surface area contributed by atoms with Crippen LogP contribution in [0.1, 0.15) is 59.4 Å². The van der Waals surface area contributed by atoms with Crippen molar-refractivity contribution in [3.05, 3.63) is 41.0 Å². The minimum atomic E-state index is -3.06. The van der Waals surface area contributed by atoms with E-state index in [-0.39, 0.29) is 18.4 Å². The average Bonchev–Trinajstić information content (AvgIpc) is 3.41. The molecule has 3 atom stereocenters. The number of amides is 3. The third kappa shape index (κ3) is 5.45. The van der Waals surface area contributed by atoms with Gasteiger partial charge >= 0.3 is 6.03 Å². The minimum absolute atomic E-state index is 0.0199. The number of hydrogen-bond donors (Lipinski definition) is 3. The zero-order valence-corrected chi connectivity index (χ0v) is 21.2. The predicted octanol–water partition coefficient (Wildman–Crippen LogP) is 2.64. The van der Waals surface area contributed by atoms with E-state index in [1.54, 1.807) is 25.1 Å². The first-order valence-electron chi connectivity index (χ1n) is 12.3. The summed E-state index contributed by atoms with van der Waals surface area (Å²) in [6.45, 7) is 2.05. The lowest BCUT2D eigenvalue weighted by Gasteiger charge is -2.38. The molecule has 3 aromatic rings. The van der Waals surface area contributed by atoms with E-state index in [9.17, 15) is 18.4 Å². The molecular formula is C24H29F2N7O5. The number of imidazole rings is 1. The standard InChI is InChI=1S/C24H29F2N7O5/c1-12-19(32-38-31-12)22(34)30-20(13(2)37-15-5-6-15)21-28-16-7-4-14(8-17(16)29-21)18(9-36-3)33-11-24(25,26)10-27-23(33)35/h4,7-8,13,15,18,20H,5-6,9-11H2,1-3H3,(H,27,35)(H,28,29)(H,30,34)/t13-,18-,20+/m1/s1. The SMILES string of the molecule is COC[C@H](c1ccc2nc([C@@H](NC(=O)c3nonc3C)[C@@H](C)OC3CC3)[nH]c2c1)N1CC(F)(F)CNC1=O. The Morgan fingerprint density at radius 3 is 2.82 bits per heavy atom. The van der Waals surface area contributed by atoms with Crippen LogP contribution in [0.5, 0.6) is 0 Å². The number of ether oxygens (including phenoxy) is 2. The molecule has 14 heteroatoms. The number of aromatic nitrogens is 4. The highest BCUT2D eigenvalue weighted by atomic mass is 19.3. The topological polar surface area (TPSA) is 147 Å². The molecule has 1 aromatic carbocycles. The summed E-state index contributed by atoms with van der Waals surface area (Å²) in [5, 5.41) is 12.5. The molecule has 3 amide bonds. The highest BCUT2D eigenvalue weighted by Gasteiger charge is 2.42. The third-order valence-corrected chi connectivity index (χ3v) is 6.62. The van der Waals surface area contributed by atoms with Crippen molar-refractivity contribution in [2.24, 2.45) is 0 Å². The zero-order valence-electron chi connectivity index (χ0n) is 21.2. The van der Waals surface area contributed by atoms with Gasteiger partial charge in [-0.3, -0.25) is 4.79 Å². The van der Waals surface area contributed by atoms with Crippen LogP contribution in [0.4, 0.5) is 13.6 Å². The molecule has 1 aliphatic carbocycles. The zero-order chi connectivity index (χ0) is 27.0. The maximum Gasteiger partial charge on any atom is 0.318 e. The van der Waals surface area contributed by atoms with Crippen LogP contribution in [-0.4, -0.2) is 82.1 Å². The van der Waals surface area contributed by atoms with Gasteiger partial charge in [0.25, 0.3) is 11.8 Å². The maximum absolute atomic E-state index is 14.1. The molecule has 1 saturated carbocycles. The van der Waals surface area contributed by atoms with E-state index in [1.807, 2.05) is 6.92 Å². The van der Waals surface area contributed by atoms with E-state index in [1.165, 1.54) is 7.11 Å². The average molecular weight is 534 g/mol. The van der Waals surface area contributed by atoms with E-state index in [4.69, 9.17) is 9.47 Å². The van der Waals surface area contributed by atoms with Gasteiger partial charge < -0.3 is 30.0 Å². The second-order valence-corrected chi connectivity index (χ2v) is 9.70. The number of H-pyrrole nitrogens is 1. The molecule has 0 unspecified atom stereocenters. The monoisotopic (exact) mass is 533 g/mol. The number of hydrogen-bond acceptors (Lipinski definition) is 8. The molecule has 2 aromatic heterocycles. The fourth-order valence-electron chi connectivity index (χ4n) is 4.50. The number of rotatable bonds is 10. The number of benzene rings is 1. The van der Waals surface area contributed by atoms with Crippen LogP contribution in [-0.2, 0) is 9.47 Å². The fraction of sp³-hybridized carbons (Fsp3) is 0.542. The van der Waals surface area contributed by atoms with E-state index in [2.05, 4.69) is 35.5 Å². The summed E-state index contributed by atoms with van der Waals surface area (Å²) >= 11 is 0. The summed E-state index contributed by atoms with van der Waals surface area (Å²) < 4.78 is 44.2. The number of carbonyl (C=O) groups is 2. The van der Waals surface area contributed by atoms with Crippen LogP contribution < -0.4 is 10.6 Å². The second-order valence-electron chi connectivity index (χ2n) is 9.70. The van der Waals surface area contributed by atoms with Gasteiger partial charge in [-0.05, 0) is 49.5 Å². The molecular weight excluding hydrogens is 504 g/mol. The van der Waals surface area contributed by atoms with Gasteiger partial charge in [-0.15, -0.1) is 0 Å². The first kappa shape index (κ1) is 26.0. The molecule has 2 aliphatic rings. The number of halogens is 2. The van der Waals surface area contributed by atoms with Crippen molar-refractivity contribution in [1.82, 2.24) is 35.8 Å². The molecule has 3 N–H and O–H groups in total. The Hall–Kier alpha value is -3.65. The summed E-state index contributed by atoms with van der Waals surface area (Å²) in [5.74, 6) is -3.11. The molecule has 1 saturated heterocycles. The van der Waals surface area contributed by atoms with E-state index < -0.39 is 49.1 Å². The Morgan fingerprint density at radius 1 is 1.34 bits per heavy atom. The molecule has 12 nitrogen and oxygen atoms in total. The molecule has 3 heterocycles. The highest BCUT2D eigenvalue weighted by Crippen LogP contribution is 2.32. The van der Waals surface area contributed by atoms with Crippen LogP contribution in [0.15, 0.2) is 22.8 Å². The van der Waals surface area contributed by atoms with Crippen LogP contribution in [0.3, 0.4) is 0 Å². The lowest BCUT2D eigenvalue weighted by molar-refractivity contribution is -0.0509. The maximum atomic E-state index is 14.1. The Kier molecular flexibility index (Phi) is 7.01. The quantitative estimate of drug-likeness (QED) is 0.360. The smallest absolute Gasteiger partial charge is 0.318 e. The van der Waals surface area contributed by atoms with Gasteiger partial charge in [0, 0.05) is 7.11 Å². The van der Waals surface area contributed by atoms with Crippen molar-refractivity contribution < 1.29 is 32.5 Å². The fourth-order valence-corrected chi connectivity index (χ4v) is 4.50. The van der Waals surface area contributed by atoms with Gasteiger partial charge in [-0.2, -0.15) is 0 Å². The number of aromatic amines is 1. The van der Waals surface area contributed by atoms with Crippen molar-refractivity contribution >= 4 is 23.0 Å². The number of aryl methyl sites for hydroxylation is 1. The van der Waals surface area contributed by atoms with E-state index >= 15 is 0 Å². The van der Waals surface area contributed by atoms with Gasteiger partial charge in [0.1, 0.15) is 17.6 Å². The second kappa shape index (κ2) is 10.3. The first-order valence-corrected chi connectivity index (χ1v) is 12.3. The van der Waals surface area contributed by atoms with Crippen LogP contribution >= 0.6 is 0 Å². The number of urea groups is 1. The van der Waals surface area contributed by atoms with E-state index in [0.717, 1.165) is 17.7 Å². The summed E-state index contributed by atoms with van der Waals surface area (Å²) in [4.78, 5) is 34.3. The molecule has 5 rings (SSSR count). The Morgan fingerprint density at radius 2 is 2.13 bits per heavy atom. The highest BCUT2D eigenvalue weighted by molar-refractivity contribution is 5.93. The lowest BCUT2D eigenvalue weighted by atomic mass is 10.0. The molecule has 2 fully saturated rings. The predicted molar refractivity (Wildman–Crippen MR) is 129 cm³/mol. The summed E-state index contributed by atoms with van der Waals surface area (Å²) in [5.41, 5.74) is 2.19. The Bertz CT molecular complexity index is 1320. The number of fused-ring (bicyclic) bond motifs is 1. The van der Waals surface area contributed by atoms with Crippen LogP contribution in [0.2, 0.25) is 0 Å². The lowest BCUT2D eigenvalue weighted by Crippen LogP contribution is -2.58. The van der Waals surface area contributed by atoms with Crippen molar-refractivity contribution in [3.8, 4) is 0 Å². The largest absolute Gasteiger partial charge is 0.382 e. The molecule has 0 radical (unpaired) electrons. The van der Waals surface area contributed by atoms with Crippen molar-refractivity contribution in [2.45, 2.75) is 56.9 Å². The van der Waals surface area contributed by atoms with Crippen molar-refractivity contribution in [2.75, 3.05) is 26.8 Å². The Labute approximate surface area is 216 Å². The van der Waals surface area contributed by atoms with Gasteiger partial charge in [0.15, 0.2) is 5.69 Å². The third-order valence-electron chi connectivity index (χ3n) is 6.62. The molecule has 0 spiro atoms. The summed E-state index contributed by atoms with van der Waals surface area (Å²) in [6.07, 6.45) is 1.60. The number of nitrogens with zero attached hydrogens (tertiary/aromatic N) is 4. The Balaban J connectivity index is 1.45. The van der Waals surface area contributed by atoms with Crippen molar-refractivity contribution in [1.29, 1.82) is 0 Å². The molecule has 38 heavy (non-hydrogen) atoms. The van der Waals surface area contributed by atoms with Crippen LogP contribution in [0.25, 0.3) is 11.0 Å². The number of carbonyl (C=O) groups excluding carboxylic acids is 2. The van der Waals surface area contributed by atoms with Crippen LogP contribution in [0, 0.1) is 6.92 Å².